The summed E-state index contributed by atoms with van der Waals surface area (Å²) in [5.74, 6) is 0.858. The third-order valence-electron chi connectivity index (χ3n) is 3.24. The average Bonchev–Trinajstić information content (AvgIpc) is 3.17. The fraction of sp³-hybridized carbons (Fsp3) is 0.385. The van der Waals surface area contributed by atoms with E-state index in [1.54, 1.807) is 30.1 Å². The maximum atomic E-state index is 12.4. The van der Waals surface area contributed by atoms with Crippen LogP contribution in [0.5, 0.6) is 0 Å². The van der Waals surface area contributed by atoms with E-state index < -0.39 is 13.0 Å². The molecule has 3 heterocycles. The monoisotopic (exact) mass is 323 g/mol. The fourth-order valence-electron chi connectivity index (χ4n) is 2.10. The molecule has 8 nitrogen and oxygen atoms in total. The van der Waals surface area contributed by atoms with Crippen LogP contribution in [0.4, 0.5) is 14.8 Å². The van der Waals surface area contributed by atoms with Crippen LogP contribution in [0.3, 0.4) is 0 Å². The molecule has 10 heteroatoms. The Morgan fingerprint density at radius 2 is 2.17 bits per heavy atom. The molecule has 0 aliphatic rings. The van der Waals surface area contributed by atoms with Crippen LogP contribution in [0.15, 0.2) is 23.0 Å². The smallest absolute Gasteiger partial charge is 0.316 e. The van der Waals surface area contributed by atoms with Crippen LogP contribution in [-0.4, -0.2) is 36.0 Å². The minimum absolute atomic E-state index is 0.226. The lowest BCUT2D eigenvalue weighted by molar-refractivity contribution is 0.121. The van der Waals surface area contributed by atoms with Crippen LogP contribution in [-0.2, 0) is 20.1 Å². The summed E-state index contributed by atoms with van der Waals surface area (Å²) in [5.41, 5.74) is 1.45. The number of rotatable bonds is 6. The normalized spacial score (nSPS) is 11.3. The minimum atomic E-state index is -2.44. The van der Waals surface area contributed by atoms with Crippen molar-refractivity contribution < 1.29 is 13.2 Å². The van der Waals surface area contributed by atoms with Gasteiger partial charge in [0.15, 0.2) is 5.82 Å². The van der Waals surface area contributed by atoms with Crippen LogP contribution >= 0.6 is 0 Å². The molecule has 122 valence electrons. The van der Waals surface area contributed by atoms with Gasteiger partial charge in [0.1, 0.15) is 6.54 Å². The maximum absolute atomic E-state index is 12.4. The van der Waals surface area contributed by atoms with Crippen LogP contribution in [0.2, 0.25) is 0 Å². The van der Waals surface area contributed by atoms with E-state index in [-0.39, 0.29) is 6.01 Å². The van der Waals surface area contributed by atoms with Crippen molar-refractivity contribution in [2.75, 3.05) is 5.32 Å². The molecule has 3 aromatic heterocycles. The summed E-state index contributed by atoms with van der Waals surface area (Å²) < 4.78 is 33.2. The van der Waals surface area contributed by atoms with Crippen LogP contribution in [0.25, 0.3) is 11.7 Å². The Hall–Kier alpha value is -2.78. The van der Waals surface area contributed by atoms with Crippen molar-refractivity contribution in [1.29, 1.82) is 0 Å². The summed E-state index contributed by atoms with van der Waals surface area (Å²) >= 11 is 0. The van der Waals surface area contributed by atoms with Gasteiger partial charge in [0.05, 0.1) is 5.69 Å². The van der Waals surface area contributed by atoms with Gasteiger partial charge >= 0.3 is 6.01 Å². The summed E-state index contributed by atoms with van der Waals surface area (Å²) in [6.07, 6.45) is 2.54. The number of halogens is 2. The summed E-state index contributed by atoms with van der Waals surface area (Å²) in [6.45, 7) is 1.67. The van der Waals surface area contributed by atoms with E-state index in [1.807, 2.05) is 7.05 Å². The molecular weight excluding hydrogens is 308 g/mol. The second-order valence-corrected chi connectivity index (χ2v) is 4.98. The molecule has 0 bridgehead atoms. The highest BCUT2D eigenvalue weighted by atomic mass is 19.3. The standard InChI is InChI=1S/C13H15F2N7O/c1-8-9(6-22(20-8)7-10(14)15)5-17-13-19-18-12(23-13)11-16-3-4-21(11)2/h3-4,6,10H,5,7H2,1-2H3,(H,17,19). The van der Waals surface area contributed by atoms with Gasteiger partial charge in [-0.2, -0.15) is 5.10 Å². The Kier molecular flexibility index (Phi) is 4.04. The van der Waals surface area contributed by atoms with Crippen molar-refractivity contribution >= 4 is 6.01 Å². The van der Waals surface area contributed by atoms with Crippen molar-refractivity contribution in [2.45, 2.75) is 26.4 Å². The lowest BCUT2D eigenvalue weighted by Gasteiger charge is -1.99. The molecule has 0 spiro atoms. The number of imidazole rings is 1. The van der Waals surface area contributed by atoms with Gasteiger partial charge in [-0.25, -0.2) is 13.8 Å². The number of anilines is 1. The predicted molar refractivity (Wildman–Crippen MR) is 76.8 cm³/mol. The molecule has 0 saturated heterocycles. The summed E-state index contributed by atoms with van der Waals surface area (Å²) in [7, 11) is 1.82. The van der Waals surface area contributed by atoms with E-state index in [0.717, 1.165) is 5.56 Å². The molecule has 1 N–H and O–H groups in total. The highest BCUT2D eigenvalue weighted by Gasteiger charge is 2.13. The Labute approximate surface area is 130 Å². The molecule has 0 atom stereocenters. The van der Waals surface area contributed by atoms with Crippen molar-refractivity contribution in [3.05, 3.63) is 29.8 Å². The average molecular weight is 323 g/mol. The summed E-state index contributed by atoms with van der Waals surface area (Å²) in [5, 5.41) is 14.8. The molecule has 0 aliphatic heterocycles. The zero-order valence-electron chi connectivity index (χ0n) is 12.6. The highest BCUT2D eigenvalue weighted by molar-refractivity contribution is 5.42. The zero-order chi connectivity index (χ0) is 16.4. The topological polar surface area (TPSA) is 86.6 Å². The molecule has 0 fully saturated rings. The van der Waals surface area contributed by atoms with Crippen LogP contribution in [0.1, 0.15) is 11.3 Å². The van der Waals surface area contributed by atoms with Gasteiger partial charge in [-0.3, -0.25) is 4.68 Å². The van der Waals surface area contributed by atoms with Gasteiger partial charge in [0.2, 0.25) is 0 Å². The largest absolute Gasteiger partial charge is 0.400 e. The number of aryl methyl sites for hydroxylation is 2. The quantitative estimate of drug-likeness (QED) is 0.745. The van der Waals surface area contributed by atoms with Crippen molar-refractivity contribution in [3.8, 4) is 11.7 Å². The fourth-order valence-corrected chi connectivity index (χ4v) is 2.10. The number of nitrogens with one attached hydrogen (secondary N) is 1. The molecule has 0 saturated carbocycles. The molecule has 0 aromatic carbocycles. The molecule has 23 heavy (non-hydrogen) atoms. The number of alkyl halides is 2. The van der Waals surface area contributed by atoms with Gasteiger partial charge in [0, 0.05) is 37.7 Å². The first-order valence-electron chi connectivity index (χ1n) is 6.89. The molecular formula is C13H15F2N7O. The molecule has 0 unspecified atom stereocenters. The zero-order valence-corrected chi connectivity index (χ0v) is 12.6. The summed E-state index contributed by atoms with van der Waals surface area (Å²) in [6, 6.07) is 0.226. The minimum Gasteiger partial charge on any atom is -0.400 e. The van der Waals surface area contributed by atoms with Gasteiger partial charge in [-0.15, -0.1) is 5.10 Å². The van der Waals surface area contributed by atoms with E-state index in [4.69, 9.17) is 4.42 Å². The van der Waals surface area contributed by atoms with Crippen LogP contribution in [0, 0.1) is 6.92 Å². The van der Waals surface area contributed by atoms with Crippen molar-refractivity contribution in [1.82, 2.24) is 29.5 Å². The first kappa shape index (κ1) is 15.1. The summed E-state index contributed by atoms with van der Waals surface area (Å²) in [4.78, 5) is 4.12. The van der Waals surface area contributed by atoms with E-state index in [0.29, 0.717) is 24.0 Å². The Balaban J connectivity index is 1.66. The van der Waals surface area contributed by atoms with Gasteiger partial charge in [0.25, 0.3) is 12.3 Å². The van der Waals surface area contributed by atoms with Gasteiger partial charge in [-0.1, -0.05) is 5.10 Å². The first-order valence-corrected chi connectivity index (χ1v) is 6.89. The van der Waals surface area contributed by atoms with Crippen LogP contribution < -0.4 is 5.32 Å². The third-order valence-corrected chi connectivity index (χ3v) is 3.24. The molecule has 0 aliphatic carbocycles. The second kappa shape index (κ2) is 6.15. The number of hydrogen-bond acceptors (Lipinski definition) is 6. The van der Waals surface area contributed by atoms with Crippen molar-refractivity contribution in [3.63, 3.8) is 0 Å². The predicted octanol–water partition coefficient (Wildman–Crippen LogP) is 1.85. The Bertz CT molecular complexity index is 792. The van der Waals surface area contributed by atoms with E-state index >= 15 is 0 Å². The molecule has 3 rings (SSSR count). The maximum Gasteiger partial charge on any atom is 0.316 e. The molecule has 0 radical (unpaired) electrons. The van der Waals surface area contributed by atoms with E-state index in [9.17, 15) is 8.78 Å². The lowest BCUT2D eigenvalue weighted by atomic mass is 10.3. The SMILES string of the molecule is Cc1nn(CC(F)F)cc1CNc1nnc(-c2nccn2C)o1. The number of nitrogens with zero attached hydrogens (tertiary/aromatic N) is 6. The lowest BCUT2D eigenvalue weighted by Crippen LogP contribution is -2.06. The van der Waals surface area contributed by atoms with Crippen molar-refractivity contribution in [2.24, 2.45) is 7.05 Å². The van der Waals surface area contributed by atoms with Gasteiger partial charge < -0.3 is 14.3 Å². The van der Waals surface area contributed by atoms with E-state index in [1.165, 1.54) is 4.68 Å². The Morgan fingerprint density at radius 3 is 2.87 bits per heavy atom. The third kappa shape index (κ3) is 3.35. The number of hydrogen-bond donors (Lipinski definition) is 1. The number of aromatic nitrogens is 6. The second-order valence-electron chi connectivity index (χ2n) is 4.98. The highest BCUT2D eigenvalue weighted by Crippen LogP contribution is 2.18. The molecule has 3 aromatic rings. The Morgan fingerprint density at radius 1 is 1.35 bits per heavy atom. The van der Waals surface area contributed by atoms with Gasteiger partial charge in [-0.05, 0) is 6.92 Å². The molecule has 0 amide bonds. The first-order chi connectivity index (χ1) is 11.0. The van der Waals surface area contributed by atoms with E-state index in [2.05, 4.69) is 25.6 Å².